The number of rotatable bonds is 2. The summed E-state index contributed by atoms with van der Waals surface area (Å²) in [6, 6.07) is 0. The van der Waals surface area contributed by atoms with Gasteiger partial charge in [-0.15, -0.1) is 0 Å². The van der Waals surface area contributed by atoms with Crippen molar-refractivity contribution in [3.8, 4) is 0 Å². The maximum atomic E-state index is 5.20. The number of hydrogen-bond donors (Lipinski definition) is 3. The third-order valence-corrected chi connectivity index (χ3v) is 1.05. The van der Waals surface area contributed by atoms with Crippen LogP contribution in [0.2, 0.25) is 0 Å². The molecule has 0 amide bonds. The van der Waals surface area contributed by atoms with Gasteiger partial charge in [-0.25, -0.2) is 0 Å². The average Bonchev–Trinajstić information content (AvgIpc) is 1.68. The third-order valence-electron chi connectivity index (χ3n) is 0.414. The summed E-state index contributed by atoms with van der Waals surface area (Å²) in [6.45, 7) is 0. The Morgan fingerprint density at radius 3 is 2.43 bits per heavy atom. The Hall–Kier alpha value is -0.350. The molecule has 0 aliphatic carbocycles. The highest BCUT2D eigenvalue weighted by atomic mass is 32.2. The molecule has 0 spiro atoms. The largest absolute Gasteiger partial charge is 0.403 e. The van der Waals surface area contributed by atoms with Crippen LogP contribution in [0.4, 0.5) is 0 Å². The number of thioether (sulfide) groups is 1. The van der Waals surface area contributed by atoms with Gasteiger partial charge in [-0.3, -0.25) is 0 Å². The van der Waals surface area contributed by atoms with Gasteiger partial charge < -0.3 is 17.2 Å². The van der Waals surface area contributed by atoms with E-state index >= 15 is 0 Å². The molecule has 0 heterocycles. The first-order valence-electron chi connectivity index (χ1n) is 1.81. The standard InChI is InChI=1S/C3H9N3S/c4-1-3(6)7-2-5/h1H,2,4-6H2/b3-1-. The fraction of sp³-hybridized carbons (Fsp3) is 0.333. The van der Waals surface area contributed by atoms with Gasteiger partial charge >= 0.3 is 0 Å². The molecule has 0 unspecified atom stereocenters. The van der Waals surface area contributed by atoms with E-state index in [4.69, 9.17) is 17.2 Å². The van der Waals surface area contributed by atoms with E-state index in [2.05, 4.69) is 0 Å². The predicted molar refractivity (Wildman–Crippen MR) is 33.1 cm³/mol. The van der Waals surface area contributed by atoms with Gasteiger partial charge in [0.15, 0.2) is 0 Å². The Bertz CT molecular complexity index is 70.6. The summed E-state index contributed by atoms with van der Waals surface area (Å²) in [5.41, 5.74) is 15.3. The van der Waals surface area contributed by atoms with Crippen LogP contribution in [0.15, 0.2) is 11.2 Å². The molecule has 0 aromatic carbocycles. The molecule has 0 aliphatic heterocycles. The molecule has 42 valence electrons. The highest BCUT2D eigenvalue weighted by Gasteiger charge is 1.81. The first-order valence-corrected chi connectivity index (χ1v) is 2.80. The highest BCUT2D eigenvalue weighted by molar-refractivity contribution is 8.02. The predicted octanol–water partition coefficient (Wildman–Crippen LogP) is -0.648. The lowest BCUT2D eigenvalue weighted by Gasteiger charge is -1.91. The Morgan fingerprint density at radius 2 is 2.29 bits per heavy atom. The van der Waals surface area contributed by atoms with Gasteiger partial charge in [0.25, 0.3) is 0 Å². The smallest absolute Gasteiger partial charge is 0.0825 e. The Morgan fingerprint density at radius 1 is 1.71 bits per heavy atom. The lowest BCUT2D eigenvalue weighted by Crippen LogP contribution is -2.01. The lowest BCUT2D eigenvalue weighted by atomic mass is 11.0. The summed E-state index contributed by atoms with van der Waals surface area (Å²) in [5, 5.41) is 0.572. The van der Waals surface area contributed by atoms with Crippen LogP contribution in [0.25, 0.3) is 0 Å². The molecule has 0 aliphatic rings. The Kier molecular flexibility index (Phi) is 3.64. The molecule has 0 rings (SSSR count). The van der Waals surface area contributed by atoms with Crippen LogP contribution < -0.4 is 17.2 Å². The second kappa shape index (κ2) is 3.83. The summed E-state index contributed by atoms with van der Waals surface area (Å²) in [5.74, 6) is 0.486. The van der Waals surface area contributed by atoms with E-state index in [1.165, 1.54) is 18.0 Å². The SMILES string of the molecule is N/C=C(/N)SCN. The van der Waals surface area contributed by atoms with Crippen molar-refractivity contribution in [3.63, 3.8) is 0 Å². The van der Waals surface area contributed by atoms with Gasteiger partial charge in [-0.05, 0) is 0 Å². The van der Waals surface area contributed by atoms with Gasteiger partial charge in [0, 0.05) is 12.1 Å². The fourth-order valence-corrected chi connectivity index (χ4v) is 0.433. The van der Waals surface area contributed by atoms with Crippen molar-refractivity contribution in [2.45, 2.75) is 0 Å². The number of nitrogens with two attached hydrogens (primary N) is 3. The summed E-state index contributed by atoms with van der Waals surface area (Å²) in [6.07, 6.45) is 1.33. The van der Waals surface area contributed by atoms with Crippen molar-refractivity contribution in [1.29, 1.82) is 0 Å². The molecule has 0 radical (unpaired) electrons. The molecule has 0 saturated heterocycles. The molecule has 0 bridgehead atoms. The van der Waals surface area contributed by atoms with Crippen LogP contribution >= 0.6 is 11.8 Å². The first kappa shape index (κ1) is 6.65. The topological polar surface area (TPSA) is 78.1 Å². The van der Waals surface area contributed by atoms with Crippen molar-refractivity contribution in [2.24, 2.45) is 17.2 Å². The normalized spacial score (nSPS) is 11.9. The molecule has 0 aromatic heterocycles. The van der Waals surface area contributed by atoms with E-state index < -0.39 is 0 Å². The van der Waals surface area contributed by atoms with E-state index in [1.54, 1.807) is 0 Å². The van der Waals surface area contributed by atoms with Crippen LogP contribution in [0.1, 0.15) is 0 Å². The summed E-state index contributed by atoms with van der Waals surface area (Å²) >= 11 is 1.32. The van der Waals surface area contributed by atoms with E-state index in [1.807, 2.05) is 0 Å². The zero-order valence-electron chi connectivity index (χ0n) is 3.92. The molecule has 7 heavy (non-hydrogen) atoms. The molecular weight excluding hydrogens is 110 g/mol. The van der Waals surface area contributed by atoms with Gasteiger partial charge in [-0.1, -0.05) is 11.8 Å². The van der Waals surface area contributed by atoms with Crippen LogP contribution in [0, 0.1) is 0 Å². The monoisotopic (exact) mass is 119 g/mol. The molecule has 6 N–H and O–H groups in total. The van der Waals surface area contributed by atoms with Crippen LogP contribution in [0.5, 0.6) is 0 Å². The molecule has 0 atom stereocenters. The Labute approximate surface area is 46.9 Å². The third kappa shape index (κ3) is 3.48. The second-order valence-electron chi connectivity index (χ2n) is 0.880. The van der Waals surface area contributed by atoms with Crippen molar-refractivity contribution in [1.82, 2.24) is 0 Å². The van der Waals surface area contributed by atoms with Crippen LogP contribution in [0.3, 0.4) is 0 Å². The van der Waals surface area contributed by atoms with Gasteiger partial charge in [0.2, 0.25) is 0 Å². The zero-order chi connectivity index (χ0) is 5.70. The van der Waals surface area contributed by atoms with Crippen molar-refractivity contribution >= 4 is 11.8 Å². The van der Waals surface area contributed by atoms with Gasteiger partial charge in [-0.2, -0.15) is 0 Å². The van der Waals surface area contributed by atoms with Gasteiger partial charge in [0.1, 0.15) is 0 Å². The molecule has 0 fully saturated rings. The van der Waals surface area contributed by atoms with Crippen LogP contribution in [-0.2, 0) is 0 Å². The molecule has 0 aromatic rings. The highest BCUT2D eigenvalue weighted by Crippen LogP contribution is 2.01. The lowest BCUT2D eigenvalue weighted by molar-refractivity contribution is 1.38. The van der Waals surface area contributed by atoms with Gasteiger partial charge in [0.05, 0.1) is 5.03 Å². The van der Waals surface area contributed by atoms with Crippen LogP contribution in [-0.4, -0.2) is 5.88 Å². The van der Waals surface area contributed by atoms with Crippen molar-refractivity contribution < 1.29 is 0 Å². The fourth-order valence-electron chi connectivity index (χ4n) is 0.144. The van der Waals surface area contributed by atoms with Crippen molar-refractivity contribution in [2.75, 3.05) is 5.88 Å². The molecular formula is C3H9N3S. The zero-order valence-corrected chi connectivity index (χ0v) is 4.74. The first-order chi connectivity index (χ1) is 3.31. The molecule has 4 heteroatoms. The summed E-state index contributed by atoms with van der Waals surface area (Å²) in [7, 11) is 0. The number of hydrogen-bond acceptors (Lipinski definition) is 4. The summed E-state index contributed by atoms with van der Waals surface area (Å²) < 4.78 is 0. The summed E-state index contributed by atoms with van der Waals surface area (Å²) in [4.78, 5) is 0. The minimum atomic E-state index is 0.486. The maximum absolute atomic E-state index is 5.20. The minimum absolute atomic E-state index is 0.486. The minimum Gasteiger partial charge on any atom is -0.403 e. The molecule has 0 saturated carbocycles. The maximum Gasteiger partial charge on any atom is 0.0825 e. The van der Waals surface area contributed by atoms with E-state index in [0.29, 0.717) is 10.9 Å². The average molecular weight is 119 g/mol. The van der Waals surface area contributed by atoms with E-state index in [-0.39, 0.29) is 0 Å². The van der Waals surface area contributed by atoms with E-state index in [0.717, 1.165) is 0 Å². The quantitative estimate of drug-likeness (QED) is 0.422. The Balaban J connectivity index is 3.17. The van der Waals surface area contributed by atoms with Crippen molar-refractivity contribution in [3.05, 3.63) is 11.2 Å². The van der Waals surface area contributed by atoms with E-state index in [9.17, 15) is 0 Å². The second-order valence-corrected chi connectivity index (χ2v) is 1.97. The molecule has 3 nitrogen and oxygen atoms in total.